The van der Waals surface area contributed by atoms with Crippen LogP contribution >= 0.6 is 0 Å². The van der Waals surface area contributed by atoms with Crippen molar-refractivity contribution in [2.75, 3.05) is 13.1 Å². The molecule has 2 heteroatoms. The van der Waals surface area contributed by atoms with Crippen molar-refractivity contribution in [1.29, 1.82) is 0 Å². The van der Waals surface area contributed by atoms with Gasteiger partial charge in [0, 0.05) is 25.7 Å². The molecule has 0 aromatic rings. The van der Waals surface area contributed by atoms with E-state index in [1.54, 1.807) is 0 Å². The van der Waals surface area contributed by atoms with Crippen LogP contribution in [-0.4, -0.2) is 19.1 Å². The van der Waals surface area contributed by atoms with Crippen molar-refractivity contribution in [3.8, 4) is 0 Å². The molecule has 0 bridgehead atoms. The summed E-state index contributed by atoms with van der Waals surface area (Å²) >= 11 is 0. The van der Waals surface area contributed by atoms with E-state index in [1.807, 2.05) is 6.54 Å². The molecule has 1 fully saturated rings. The van der Waals surface area contributed by atoms with Gasteiger partial charge in [-0.15, -0.1) is 0 Å². The van der Waals surface area contributed by atoms with Crippen molar-refractivity contribution in [2.24, 2.45) is 0 Å². The summed E-state index contributed by atoms with van der Waals surface area (Å²) in [6.45, 7) is 6.30. The zero-order chi connectivity index (χ0) is 5.11. The predicted octanol–water partition coefficient (Wildman–Crippen LogP) is -0.271. The van der Waals surface area contributed by atoms with Gasteiger partial charge in [0.05, 0.1) is 0 Å². The minimum Gasteiger partial charge on any atom is -0.314 e. The van der Waals surface area contributed by atoms with E-state index in [-0.39, 0.29) is 0 Å². The lowest BCUT2D eigenvalue weighted by molar-refractivity contribution is 0.488. The molecule has 1 atom stereocenters. The van der Waals surface area contributed by atoms with Crippen molar-refractivity contribution >= 4 is 0 Å². The van der Waals surface area contributed by atoms with Crippen LogP contribution in [0.3, 0.4) is 0 Å². The maximum Gasteiger partial charge on any atom is 0.0361 e. The van der Waals surface area contributed by atoms with Crippen LogP contribution < -0.4 is 10.6 Å². The van der Waals surface area contributed by atoms with E-state index in [0.29, 0.717) is 6.04 Å². The Kier molecular flexibility index (Phi) is 1.65. The van der Waals surface area contributed by atoms with Gasteiger partial charge in [0.1, 0.15) is 0 Å². The number of hydrogen-bond acceptors (Lipinski definition) is 2. The molecular formula is C5H11N2. The third kappa shape index (κ3) is 1.45. The molecule has 0 spiro atoms. The van der Waals surface area contributed by atoms with Crippen LogP contribution in [0.15, 0.2) is 0 Å². The molecule has 1 rings (SSSR count). The Bertz CT molecular complexity index is 48.0. The zero-order valence-electron chi connectivity index (χ0n) is 4.57. The Morgan fingerprint density at radius 2 is 2.57 bits per heavy atom. The quantitative estimate of drug-likeness (QED) is 0.437. The van der Waals surface area contributed by atoms with Crippen LogP contribution in [0.25, 0.3) is 0 Å². The molecule has 1 aliphatic heterocycles. The summed E-state index contributed by atoms with van der Waals surface area (Å²) in [6, 6.07) is 0.619. The van der Waals surface area contributed by atoms with Gasteiger partial charge in [-0.05, 0) is 6.92 Å². The summed E-state index contributed by atoms with van der Waals surface area (Å²) in [5, 5.41) is 6.41. The summed E-state index contributed by atoms with van der Waals surface area (Å²) in [6.07, 6.45) is 0. The van der Waals surface area contributed by atoms with Crippen molar-refractivity contribution in [3.63, 3.8) is 0 Å². The van der Waals surface area contributed by atoms with Crippen molar-refractivity contribution in [3.05, 3.63) is 6.54 Å². The summed E-state index contributed by atoms with van der Waals surface area (Å²) in [5.74, 6) is 0. The van der Waals surface area contributed by atoms with Gasteiger partial charge in [-0.1, -0.05) is 0 Å². The molecule has 0 aromatic carbocycles. The fraction of sp³-hybridized carbons (Fsp3) is 0.800. The second-order valence-electron chi connectivity index (χ2n) is 1.93. The molecule has 0 saturated carbocycles. The van der Waals surface area contributed by atoms with E-state index >= 15 is 0 Å². The van der Waals surface area contributed by atoms with E-state index in [1.165, 1.54) is 0 Å². The van der Waals surface area contributed by atoms with Gasteiger partial charge in [-0.25, -0.2) is 0 Å². The monoisotopic (exact) mass is 99.1 g/mol. The number of hydrogen-bond donors (Lipinski definition) is 2. The third-order valence-corrected chi connectivity index (χ3v) is 1.10. The highest BCUT2D eigenvalue weighted by Gasteiger charge is 2.03. The molecule has 1 aliphatic rings. The number of nitrogens with one attached hydrogen (secondary N) is 2. The SMILES string of the molecule is C[C@@H]1CNC[CH]N1. The minimum absolute atomic E-state index is 0.619. The van der Waals surface area contributed by atoms with Crippen LogP contribution in [0.1, 0.15) is 6.92 Å². The highest BCUT2D eigenvalue weighted by Crippen LogP contribution is 1.84. The van der Waals surface area contributed by atoms with Crippen LogP contribution in [0.5, 0.6) is 0 Å². The average molecular weight is 99.2 g/mol. The predicted molar refractivity (Wildman–Crippen MR) is 29.8 cm³/mol. The molecule has 1 saturated heterocycles. The average Bonchev–Trinajstić information content (AvgIpc) is 1.69. The first-order valence-corrected chi connectivity index (χ1v) is 2.68. The Morgan fingerprint density at radius 1 is 1.71 bits per heavy atom. The first-order valence-electron chi connectivity index (χ1n) is 2.68. The van der Waals surface area contributed by atoms with Crippen LogP contribution in [0, 0.1) is 6.54 Å². The lowest BCUT2D eigenvalue weighted by Crippen LogP contribution is -2.43. The zero-order valence-corrected chi connectivity index (χ0v) is 4.57. The maximum atomic E-state index is 3.22. The van der Waals surface area contributed by atoms with Crippen molar-refractivity contribution in [1.82, 2.24) is 10.6 Å². The fourth-order valence-electron chi connectivity index (χ4n) is 0.691. The van der Waals surface area contributed by atoms with Gasteiger partial charge >= 0.3 is 0 Å². The fourth-order valence-corrected chi connectivity index (χ4v) is 0.691. The molecule has 1 heterocycles. The van der Waals surface area contributed by atoms with Gasteiger partial charge in [0.25, 0.3) is 0 Å². The third-order valence-electron chi connectivity index (χ3n) is 1.10. The van der Waals surface area contributed by atoms with E-state index in [2.05, 4.69) is 17.6 Å². The molecule has 7 heavy (non-hydrogen) atoms. The molecule has 0 amide bonds. The Hall–Kier alpha value is -0.0800. The Labute approximate surface area is 44.3 Å². The number of rotatable bonds is 0. The molecule has 0 unspecified atom stereocenters. The smallest absolute Gasteiger partial charge is 0.0361 e. The molecule has 2 nitrogen and oxygen atoms in total. The van der Waals surface area contributed by atoms with E-state index < -0.39 is 0 Å². The molecular weight excluding hydrogens is 88.1 g/mol. The van der Waals surface area contributed by atoms with Crippen LogP contribution in [0.2, 0.25) is 0 Å². The van der Waals surface area contributed by atoms with Crippen molar-refractivity contribution < 1.29 is 0 Å². The van der Waals surface area contributed by atoms with Crippen LogP contribution in [-0.2, 0) is 0 Å². The summed E-state index contributed by atoms with van der Waals surface area (Å²) in [4.78, 5) is 0. The Balaban J connectivity index is 2.12. The molecule has 1 radical (unpaired) electrons. The largest absolute Gasteiger partial charge is 0.314 e. The highest BCUT2D eigenvalue weighted by molar-refractivity contribution is 4.78. The van der Waals surface area contributed by atoms with Crippen molar-refractivity contribution in [2.45, 2.75) is 13.0 Å². The highest BCUT2D eigenvalue weighted by atomic mass is 15.0. The molecule has 41 valence electrons. The molecule has 0 aromatic heterocycles. The first-order chi connectivity index (χ1) is 3.39. The van der Waals surface area contributed by atoms with Crippen LogP contribution in [0.4, 0.5) is 0 Å². The normalized spacial score (nSPS) is 33.0. The second kappa shape index (κ2) is 2.28. The van der Waals surface area contributed by atoms with Gasteiger partial charge in [0.2, 0.25) is 0 Å². The Morgan fingerprint density at radius 3 is 2.86 bits per heavy atom. The van der Waals surface area contributed by atoms with E-state index in [9.17, 15) is 0 Å². The lowest BCUT2D eigenvalue weighted by Gasteiger charge is -2.19. The minimum atomic E-state index is 0.619. The van der Waals surface area contributed by atoms with Gasteiger partial charge in [-0.2, -0.15) is 0 Å². The summed E-state index contributed by atoms with van der Waals surface area (Å²) < 4.78 is 0. The van der Waals surface area contributed by atoms with Gasteiger partial charge in [-0.3, -0.25) is 0 Å². The lowest BCUT2D eigenvalue weighted by atomic mass is 10.3. The number of piperazine rings is 1. The van der Waals surface area contributed by atoms with Gasteiger partial charge < -0.3 is 10.6 Å². The van der Waals surface area contributed by atoms with E-state index in [0.717, 1.165) is 13.1 Å². The summed E-state index contributed by atoms with van der Waals surface area (Å²) in [7, 11) is 0. The van der Waals surface area contributed by atoms with E-state index in [4.69, 9.17) is 0 Å². The maximum absolute atomic E-state index is 3.22. The topological polar surface area (TPSA) is 24.1 Å². The standard InChI is InChI=1S/C5H11N2/c1-5-4-6-2-3-7-5/h3,5-7H,2,4H2,1H3/t5-/m1/s1. The molecule has 0 aliphatic carbocycles. The summed E-state index contributed by atoms with van der Waals surface area (Å²) in [5.41, 5.74) is 0. The second-order valence-corrected chi connectivity index (χ2v) is 1.93. The van der Waals surface area contributed by atoms with Gasteiger partial charge in [0.15, 0.2) is 0 Å². The molecule has 2 N–H and O–H groups in total. The first kappa shape index (κ1) is 5.06.